The van der Waals surface area contributed by atoms with E-state index in [-0.39, 0.29) is 22.3 Å². The van der Waals surface area contributed by atoms with E-state index in [4.69, 9.17) is 21.7 Å². The second-order valence-electron chi connectivity index (χ2n) is 9.23. The molecule has 0 aliphatic carbocycles. The molecule has 1 heterocycles. The van der Waals surface area contributed by atoms with Crippen LogP contribution in [0.1, 0.15) is 27.9 Å². The van der Waals surface area contributed by atoms with E-state index in [2.05, 4.69) is 16.2 Å². The highest BCUT2D eigenvalue weighted by atomic mass is 32.2. The summed E-state index contributed by atoms with van der Waals surface area (Å²) in [5.41, 5.74) is 7.35. The maximum Gasteiger partial charge on any atom is 0.257 e. The molecule has 1 aliphatic heterocycles. The van der Waals surface area contributed by atoms with Gasteiger partial charge in [-0.05, 0) is 66.2 Å². The van der Waals surface area contributed by atoms with Crippen molar-refractivity contribution >= 4 is 39.2 Å². The zero-order chi connectivity index (χ0) is 29.1. The Morgan fingerprint density at radius 2 is 1.51 bits per heavy atom. The van der Waals surface area contributed by atoms with Crippen molar-refractivity contribution in [3.63, 3.8) is 0 Å². The monoisotopic (exact) mass is 596 g/mol. The van der Waals surface area contributed by atoms with Crippen LogP contribution >= 0.6 is 12.2 Å². The molecule has 216 valence electrons. The number of hydrazine groups is 1. The lowest BCUT2D eigenvalue weighted by Gasteiger charge is -2.26. The highest BCUT2D eigenvalue weighted by Gasteiger charge is 2.26. The molecule has 1 aliphatic rings. The van der Waals surface area contributed by atoms with Gasteiger partial charge in [-0.3, -0.25) is 25.8 Å². The Bertz CT molecular complexity index is 1430. The topological polar surface area (TPSA) is 126 Å². The molecule has 3 aromatic carbocycles. The second-order valence-corrected chi connectivity index (χ2v) is 11.6. The van der Waals surface area contributed by atoms with E-state index in [9.17, 15) is 18.0 Å². The lowest BCUT2D eigenvalue weighted by atomic mass is 10.1. The number of carbonyl (C=O) groups excluding carboxylic acids is 2. The molecule has 0 bridgehead atoms. The predicted molar refractivity (Wildman–Crippen MR) is 158 cm³/mol. The third kappa shape index (κ3) is 9.08. The van der Waals surface area contributed by atoms with Gasteiger partial charge in [0.15, 0.2) is 5.11 Å². The first-order chi connectivity index (χ1) is 19.8. The minimum atomic E-state index is -3.57. The smallest absolute Gasteiger partial charge is 0.257 e. The maximum absolute atomic E-state index is 12.7. The van der Waals surface area contributed by atoms with Crippen LogP contribution < -0.4 is 20.9 Å². The van der Waals surface area contributed by atoms with Crippen molar-refractivity contribution in [2.45, 2.75) is 24.2 Å². The number of benzene rings is 3. The number of morpholine rings is 1. The molecule has 0 atom stereocenters. The second kappa shape index (κ2) is 14.7. The van der Waals surface area contributed by atoms with Gasteiger partial charge in [0, 0.05) is 31.5 Å². The molecule has 4 rings (SSSR count). The fraction of sp³-hybridized carbons (Fsp3) is 0.276. The fourth-order valence-electron chi connectivity index (χ4n) is 4.05. The number of ether oxygens (including phenoxy) is 2. The molecule has 12 heteroatoms. The Kier molecular flexibility index (Phi) is 10.8. The largest absolute Gasteiger partial charge is 0.493 e. The van der Waals surface area contributed by atoms with Gasteiger partial charge in [0.1, 0.15) is 5.75 Å². The zero-order valence-electron chi connectivity index (χ0n) is 22.4. The molecule has 0 spiro atoms. The quantitative estimate of drug-likeness (QED) is 0.241. The minimum absolute atomic E-state index is 0.0517. The Hall–Kier alpha value is -3.84. The van der Waals surface area contributed by atoms with Gasteiger partial charge in [0.2, 0.25) is 15.9 Å². The van der Waals surface area contributed by atoms with Gasteiger partial charge in [-0.2, -0.15) is 4.31 Å². The molecule has 2 amide bonds. The first-order valence-electron chi connectivity index (χ1n) is 13.1. The van der Waals surface area contributed by atoms with Gasteiger partial charge in [-0.1, -0.05) is 42.5 Å². The van der Waals surface area contributed by atoms with Gasteiger partial charge in [-0.15, -0.1) is 0 Å². The summed E-state index contributed by atoms with van der Waals surface area (Å²) in [7, 11) is -3.57. The summed E-state index contributed by atoms with van der Waals surface area (Å²) in [4.78, 5) is 24.9. The number of carbonyl (C=O) groups is 2. The van der Waals surface area contributed by atoms with E-state index < -0.39 is 15.9 Å². The van der Waals surface area contributed by atoms with Crippen molar-refractivity contribution < 1.29 is 27.5 Å². The number of hydrogen-bond donors (Lipinski definition) is 3. The van der Waals surface area contributed by atoms with Crippen LogP contribution in [-0.2, 0) is 32.4 Å². The van der Waals surface area contributed by atoms with Crippen LogP contribution in [0.25, 0.3) is 0 Å². The first-order valence-corrected chi connectivity index (χ1v) is 15.0. The zero-order valence-corrected chi connectivity index (χ0v) is 24.0. The fourth-order valence-corrected chi connectivity index (χ4v) is 5.60. The molecule has 1 fully saturated rings. The number of rotatable bonds is 10. The van der Waals surface area contributed by atoms with Crippen LogP contribution in [0, 0.1) is 0 Å². The number of hydrogen-bond acceptors (Lipinski definition) is 7. The van der Waals surface area contributed by atoms with E-state index in [0.717, 1.165) is 12.0 Å². The number of nitrogens with zero attached hydrogens (tertiary/aromatic N) is 1. The van der Waals surface area contributed by atoms with Crippen molar-refractivity contribution in [2.75, 3.05) is 32.9 Å². The van der Waals surface area contributed by atoms with Crippen molar-refractivity contribution in [2.24, 2.45) is 0 Å². The normalized spacial score (nSPS) is 13.7. The Labute approximate surface area is 245 Å². The Morgan fingerprint density at radius 1 is 0.854 bits per heavy atom. The van der Waals surface area contributed by atoms with Crippen LogP contribution in [0.5, 0.6) is 5.75 Å². The summed E-state index contributed by atoms with van der Waals surface area (Å²) in [5.74, 6) is -0.123. The van der Waals surface area contributed by atoms with Crippen molar-refractivity contribution in [3.8, 4) is 5.75 Å². The molecular formula is C29H32N4O6S2. The number of amides is 2. The standard InChI is InChI=1S/C29H32N4O6S2/c34-27(15-8-23-6-13-26(14-7-23)41(36,37)33-17-20-38-21-18-33)31-32-29(40)30-28(35)24-9-11-25(12-10-24)39-19-16-22-4-2-1-3-5-22/h1-7,9-14H,8,15-21H2,(H,31,34)(H2,30,32,35,40). The van der Waals surface area contributed by atoms with Gasteiger partial charge < -0.3 is 9.47 Å². The molecule has 0 radical (unpaired) electrons. The van der Waals surface area contributed by atoms with Crippen LogP contribution in [0.4, 0.5) is 0 Å². The molecule has 3 aromatic rings. The maximum atomic E-state index is 12.7. The van der Waals surface area contributed by atoms with Gasteiger partial charge in [0.25, 0.3) is 5.91 Å². The van der Waals surface area contributed by atoms with Crippen molar-refractivity contribution in [1.29, 1.82) is 0 Å². The van der Waals surface area contributed by atoms with E-state index in [1.165, 1.54) is 9.87 Å². The summed E-state index contributed by atoms with van der Waals surface area (Å²) in [5, 5.41) is 2.46. The van der Waals surface area contributed by atoms with Gasteiger partial charge in [-0.25, -0.2) is 8.42 Å². The Balaban J connectivity index is 1.15. The average molecular weight is 597 g/mol. The van der Waals surface area contributed by atoms with E-state index in [1.807, 2.05) is 30.3 Å². The van der Waals surface area contributed by atoms with Crippen molar-refractivity contribution in [1.82, 2.24) is 20.5 Å². The predicted octanol–water partition coefficient (Wildman–Crippen LogP) is 2.60. The van der Waals surface area contributed by atoms with Crippen LogP contribution in [0.2, 0.25) is 0 Å². The first kappa shape index (κ1) is 30.1. The number of aryl methyl sites for hydroxylation is 1. The lowest BCUT2D eigenvalue weighted by molar-refractivity contribution is -0.121. The van der Waals surface area contributed by atoms with Crippen LogP contribution in [-0.4, -0.2) is 62.6 Å². The summed E-state index contributed by atoms with van der Waals surface area (Å²) in [6, 6.07) is 23.2. The highest BCUT2D eigenvalue weighted by Crippen LogP contribution is 2.18. The van der Waals surface area contributed by atoms with Gasteiger partial charge >= 0.3 is 0 Å². The van der Waals surface area contributed by atoms with Crippen LogP contribution in [0.3, 0.4) is 0 Å². The summed E-state index contributed by atoms with van der Waals surface area (Å²) >= 11 is 5.11. The average Bonchev–Trinajstić information content (AvgIpc) is 3.00. The van der Waals surface area contributed by atoms with E-state index in [0.29, 0.717) is 50.6 Å². The summed E-state index contributed by atoms with van der Waals surface area (Å²) < 4.78 is 37.8. The molecule has 0 saturated carbocycles. The van der Waals surface area contributed by atoms with E-state index in [1.54, 1.807) is 48.5 Å². The van der Waals surface area contributed by atoms with Gasteiger partial charge in [0.05, 0.1) is 24.7 Å². The van der Waals surface area contributed by atoms with Crippen LogP contribution in [0.15, 0.2) is 83.8 Å². The molecular weight excluding hydrogens is 564 g/mol. The third-order valence-corrected chi connectivity index (χ3v) is 8.45. The molecule has 10 nitrogen and oxygen atoms in total. The molecule has 41 heavy (non-hydrogen) atoms. The number of sulfonamides is 1. The molecule has 0 aromatic heterocycles. The minimum Gasteiger partial charge on any atom is -0.493 e. The Morgan fingerprint density at radius 3 is 2.20 bits per heavy atom. The van der Waals surface area contributed by atoms with E-state index >= 15 is 0 Å². The summed E-state index contributed by atoms with van der Waals surface area (Å²) in [6.07, 6.45) is 1.30. The van der Waals surface area contributed by atoms with Crippen molar-refractivity contribution in [3.05, 3.63) is 95.6 Å². The lowest BCUT2D eigenvalue weighted by Crippen LogP contribution is -2.48. The molecule has 1 saturated heterocycles. The molecule has 0 unspecified atom stereocenters. The SMILES string of the molecule is O=C(CCc1ccc(S(=O)(=O)N2CCOCC2)cc1)NNC(=S)NC(=O)c1ccc(OCCc2ccccc2)cc1. The number of nitrogens with one attached hydrogen (secondary N) is 3. The molecule has 3 N–H and O–H groups in total. The number of thiocarbonyl (C=S) groups is 1. The third-order valence-electron chi connectivity index (χ3n) is 6.33. The summed E-state index contributed by atoms with van der Waals surface area (Å²) in [6.45, 7) is 1.94. The highest BCUT2D eigenvalue weighted by molar-refractivity contribution is 7.89.